The molecule has 2 aromatic heterocycles. The molecule has 150 valence electrons. The van der Waals surface area contributed by atoms with Crippen LogP contribution in [0.3, 0.4) is 0 Å². The number of rotatable bonds is 3. The standard InChI is InChI=1S/C22H16FN3O3S/c1-26-17-5-3-2-4-15(17)16(12-20(26)27)21(28)24-25-22(29)19-11-10-18(30-19)13-6-8-14(23)9-7-13/h2-12H,1H3,(H,24,28)(H,25,29). The van der Waals surface area contributed by atoms with Gasteiger partial charge in [0, 0.05) is 23.4 Å². The van der Waals surface area contributed by atoms with Gasteiger partial charge in [0.25, 0.3) is 17.4 Å². The third-order valence-corrected chi connectivity index (χ3v) is 5.78. The Morgan fingerprint density at radius 1 is 0.933 bits per heavy atom. The number of nitrogens with zero attached hydrogens (tertiary/aromatic N) is 1. The monoisotopic (exact) mass is 421 g/mol. The summed E-state index contributed by atoms with van der Waals surface area (Å²) in [6.07, 6.45) is 0. The maximum absolute atomic E-state index is 13.1. The highest BCUT2D eigenvalue weighted by atomic mass is 32.1. The third kappa shape index (κ3) is 3.72. The van der Waals surface area contributed by atoms with Gasteiger partial charge in [0.15, 0.2) is 0 Å². The van der Waals surface area contributed by atoms with E-state index in [-0.39, 0.29) is 16.9 Å². The number of hydrogen-bond acceptors (Lipinski definition) is 4. The quantitative estimate of drug-likeness (QED) is 0.497. The topological polar surface area (TPSA) is 80.2 Å². The number of amides is 2. The minimum atomic E-state index is -0.590. The van der Waals surface area contributed by atoms with Gasteiger partial charge in [0.2, 0.25) is 0 Å². The number of aryl methyl sites for hydroxylation is 1. The molecule has 6 nitrogen and oxygen atoms in total. The SMILES string of the molecule is Cn1c(=O)cc(C(=O)NNC(=O)c2ccc(-c3ccc(F)cc3)s2)c2ccccc21. The lowest BCUT2D eigenvalue weighted by atomic mass is 10.1. The highest BCUT2D eigenvalue weighted by Crippen LogP contribution is 2.28. The number of carbonyl (C=O) groups excluding carboxylic acids is 2. The highest BCUT2D eigenvalue weighted by molar-refractivity contribution is 7.17. The lowest BCUT2D eigenvalue weighted by Gasteiger charge is -2.11. The molecule has 2 aromatic carbocycles. The van der Waals surface area contributed by atoms with E-state index in [1.165, 1.54) is 34.1 Å². The highest BCUT2D eigenvalue weighted by Gasteiger charge is 2.16. The van der Waals surface area contributed by atoms with Gasteiger partial charge in [-0.1, -0.05) is 30.3 Å². The summed E-state index contributed by atoms with van der Waals surface area (Å²) in [5.74, 6) is -1.42. The zero-order chi connectivity index (χ0) is 21.3. The molecule has 0 fully saturated rings. The summed E-state index contributed by atoms with van der Waals surface area (Å²) in [7, 11) is 1.63. The number of aromatic nitrogens is 1. The van der Waals surface area contributed by atoms with E-state index >= 15 is 0 Å². The van der Waals surface area contributed by atoms with Crippen molar-refractivity contribution in [1.82, 2.24) is 15.4 Å². The predicted octanol–water partition coefficient (Wildman–Crippen LogP) is 3.48. The van der Waals surface area contributed by atoms with Gasteiger partial charge in [-0.3, -0.25) is 25.2 Å². The number of nitrogens with one attached hydrogen (secondary N) is 2. The van der Waals surface area contributed by atoms with Crippen molar-refractivity contribution in [3.63, 3.8) is 0 Å². The minimum Gasteiger partial charge on any atom is -0.311 e. The van der Waals surface area contributed by atoms with E-state index in [1.807, 2.05) is 0 Å². The molecule has 4 rings (SSSR count). The molecule has 0 aliphatic carbocycles. The van der Waals surface area contributed by atoms with Gasteiger partial charge in [-0.2, -0.15) is 0 Å². The number of halogens is 1. The van der Waals surface area contributed by atoms with Crippen molar-refractivity contribution < 1.29 is 14.0 Å². The number of fused-ring (bicyclic) bond motifs is 1. The van der Waals surface area contributed by atoms with Crippen LogP contribution in [0.4, 0.5) is 4.39 Å². The van der Waals surface area contributed by atoms with Crippen molar-refractivity contribution in [3.05, 3.63) is 93.3 Å². The Kier molecular flexibility index (Phi) is 5.16. The molecule has 0 saturated heterocycles. The molecule has 0 radical (unpaired) electrons. The third-order valence-electron chi connectivity index (χ3n) is 4.65. The van der Waals surface area contributed by atoms with E-state index in [1.54, 1.807) is 55.6 Å². The smallest absolute Gasteiger partial charge is 0.279 e. The summed E-state index contributed by atoms with van der Waals surface area (Å²) >= 11 is 1.22. The van der Waals surface area contributed by atoms with Crippen LogP contribution in [-0.2, 0) is 7.05 Å². The molecule has 0 atom stereocenters. The van der Waals surface area contributed by atoms with Crippen molar-refractivity contribution in [2.24, 2.45) is 7.05 Å². The Hall–Kier alpha value is -3.78. The molecule has 0 unspecified atom stereocenters. The fraction of sp³-hybridized carbons (Fsp3) is 0.0455. The van der Waals surface area contributed by atoms with Gasteiger partial charge in [-0.25, -0.2) is 4.39 Å². The molecule has 2 heterocycles. The van der Waals surface area contributed by atoms with E-state index in [9.17, 15) is 18.8 Å². The van der Waals surface area contributed by atoms with Crippen LogP contribution in [0.25, 0.3) is 21.3 Å². The van der Waals surface area contributed by atoms with E-state index in [4.69, 9.17) is 0 Å². The fourth-order valence-corrected chi connectivity index (χ4v) is 3.98. The first-order valence-electron chi connectivity index (χ1n) is 8.99. The van der Waals surface area contributed by atoms with Crippen LogP contribution >= 0.6 is 11.3 Å². The van der Waals surface area contributed by atoms with Crippen molar-refractivity contribution in [3.8, 4) is 10.4 Å². The molecule has 8 heteroatoms. The summed E-state index contributed by atoms with van der Waals surface area (Å²) in [6.45, 7) is 0. The van der Waals surface area contributed by atoms with Gasteiger partial charge in [-0.05, 0) is 35.9 Å². The zero-order valence-electron chi connectivity index (χ0n) is 15.8. The van der Waals surface area contributed by atoms with E-state index < -0.39 is 11.8 Å². The van der Waals surface area contributed by atoms with Crippen LogP contribution in [0.1, 0.15) is 20.0 Å². The molecule has 0 aliphatic rings. The largest absolute Gasteiger partial charge is 0.311 e. The Morgan fingerprint density at radius 3 is 2.40 bits per heavy atom. The van der Waals surface area contributed by atoms with Gasteiger partial charge in [0.05, 0.1) is 16.0 Å². The normalized spacial score (nSPS) is 10.7. The van der Waals surface area contributed by atoms with Crippen LogP contribution < -0.4 is 16.4 Å². The van der Waals surface area contributed by atoms with Crippen LogP contribution in [0.15, 0.2) is 71.5 Å². The van der Waals surface area contributed by atoms with Gasteiger partial charge in [-0.15, -0.1) is 11.3 Å². The Morgan fingerprint density at radius 2 is 1.63 bits per heavy atom. The summed E-state index contributed by atoms with van der Waals surface area (Å²) < 4.78 is 14.5. The first-order chi connectivity index (χ1) is 14.4. The molecular formula is C22H16FN3O3S. The fourth-order valence-electron chi connectivity index (χ4n) is 3.07. The van der Waals surface area contributed by atoms with Crippen LogP contribution in [0.2, 0.25) is 0 Å². The molecule has 0 aliphatic heterocycles. The van der Waals surface area contributed by atoms with Gasteiger partial charge >= 0.3 is 0 Å². The van der Waals surface area contributed by atoms with Crippen LogP contribution in [0.5, 0.6) is 0 Å². The van der Waals surface area contributed by atoms with Crippen molar-refractivity contribution in [2.75, 3.05) is 0 Å². The average molecular weight is 421 g/mol. The predicted molar refractivity (Wildman–Crippen MR) is 114 cm³/mol. The first kappa shape index (κ1) is 19.5. The van der Waals surface area contributed by atoms with Crippen molar-refractivity contribution in [1.29, 1.82) is 0 Å². The molecule has 0 saturated carbocycles. The Bertz CT molecular complexity index is 1330. The maximum Gasteiger partial charge on any atom is 0.279 e. The molecule has 0 bridgehead atoms. The maximum atomic E-state index is 13.1. The van der Waals surface area contributed by atoms with Crippen molar-refractivity contribution >= 4 is 34.1 Å². The molecule has 0 spiro atoms. The lowest BCUT2D eigenvalue weighted by molar-refractivity contribution is 0.0849. The molecule has 4 aromatic rings. The first-order valence-corrected chi connectivity index (χ1v) is 9.81. The molecular weight excluding hydrogens is 405 g/mol. The average Bonchev–Trinajstić information content (AvgIpc) is 3.25. The Balaban J connectivity index is 1.50. The zero-order valence-corrected chi connectivity index (χ0v) is 16.6. The minimum absolute atomic E-state index is 0.173. The van der Waals surface area contributed by atoms with Crippen LogP contribution in [0, 0.1) is 5.82 Å². The summed E-state index contributed by atoms with van der Waals surface area (Å²) in [5, 5.41) is 0.598. The molecule has 2 amide bonds. The summed E-state index contributed by atoms with van der Waals surface area (Å²) in [6, 6.07) is 17.6. The number of pyridine rings is 1. The second kappa shape index (κ2) is 7.92. The van der Waals surface area contributed by atoms with Crippen LogP contribution in [-0.4, -0.2) is 16.4 Å². The van der Waals surface area contributed by atoms with Gasteiger partial charge in [0.1, 0.15) is 5.82 Å². The number of hydrazine groups is 1. The molecule has 2 N–H and O–H groups in total. The van der Waals surface area contributed by atoms with E-state index in [2.05, 4.69) is 10.9 Å². The summed E-state index contributed by atoms with van der Waals surface area (Å²) in [5.41, 5.74) is 5.99. The lowest BCUT2D eigenvalue weighted by Crippen LogP contribution is -2.41. The van der Waals surface area contributed by atoms with Gasteiger partial charge < -0.3 is 4.57 Å². The van der Waals surface area contributed by atoms with E-state index in [0.717, 1.165) is 10.4 Å². The second-order valence-electron chi connectivity index (χ2n) is 6.55. The number of carbonyl (C=O) groups is 2. The number of benzene rings is 2. The number of para-hydroxylation sites is 1. The van der Waals surface area contributed by atoms with Crippen molar-refractivity contribution in [2.45, 2.75) is 0 Å². The number of thiophene rings is 1. The number of hydrogen-bond donors (Lipinski definition) is 2. The summed E-state index contributed by atoms with van der Waals surface area (Å²) in [4.78, 5) is 38.4. The molecule has 30 heavy (non-hydrogen) atoms. The second-order valence-corrected chi connectivity index (χ2v) is 7.64. The van der Waals surface area contributed by atoms with E-state index in [0.29, 0.717) is 15.8 Å². The Labute approximate surface area is 174 Å².